The number of nitrogens with zero attached hydrogens (tertiary/aromatic N) is 1. The van der Waals surface area contributed by atoms with E-state index in [-0.39, 0.29) is 24.0 Å². The van der Waals surface area contributed by atoms with Crippen LogP contribution in [0.2, 0.25) is 0 Å². The van der Waals surface area contributed by atoms with Crippen molar-refractivity contribution in [1.29, 1.82) is 0 Å². The zero-order valence-corrected chi connectivity index (χ0v) is 18.5. The molecule has 142 valence electrons. The predicted molar refractivity (Wildman–Crippen MR) is 116 cm³/mol. The summed E-state index contributed by atoms with van der Waals surface area (Å²) < 4.78 is 10.9. The Balaban J connectivity index is 0.00000576. The van der Waals surface area contributed by atoms with Crippen molar-refractivity contribution in [2.75, 3.05) is 21.3 Å². The highest BCUT2D eigenvalue weighted by Crippen LogP contribution is 2.33. The Morgan fingerprint density at radius 3 is 2.40 bits per heavy atom. The number of rotatable bonds is 8. The van der Waals surface area contributed by atoms with Crippen molar-refractivity contribution >= 4 is 29.9 Å². The number of nitrogens with one attached hydrogen (secondary N) is 2. The Hall–Kier alpha value is -1.44. The van der Waals surface area contributed by atoms with Crippen LogP contribution in [-0.4, -0.2) is 33.3 Å². The summed E-state index contributed by atoms with van der Waals surface area (Å²) in [5, 5.41) is 6.74. The normalized spacial score (nSPS) is 12.2. The van der Waals surface area contributed by atoms with E-state index in [2.05, 4.69) is 49.0 Å². The third-order valence-corrected chi connectivity index (χ3v) is 4.03. The van der Waals surface area contributed by atoms with Gasteiger partial charge in [-0.3, -0.25) is 4.99 Å². The molecule has 0 saturated heterocycles. The minimum atomic E-state index is 0. The fourth-order valence-electron chi connectivity index (χ4n) is 2.28. The lowest BCUT2D eigenvalue weighted by molar-refractivity contribution is 0.352. The summed E-state index contributed by atoms with van der Waals surface area (Å²) in [5.41, 5.74) is 2.16. The quantitative estimate of drug-likeness (QED) is 0.268. The van der Waals surface area contributed by atoms with E-state index in [0.29, 0.717) is 18.5 Å². The molecular formula is C19H32IN3O2. The molecule has 25 heavy (non-hydrogen) atoms. The van der Waals surface area contributed by atoms with E-state index in [4.69, 9.17) is 9.47 Å². The molecule has 0 aromatic heterocycles. The van der Waals surface area contributed by atoms with Gasteiger partial charge in [-0.1, -0.05) is 19.9 Å². The SMILES string of the molecule is C=CCc1cc(CNC(=NC)NC(C)C(C)C)cc(OC)c1OC.I. The first-order valence-corrected chi connectivity index (χ1v) is 8.28. The zero-order chi connectivity index (χ0) is 18.1. The average Bonchev–Trinajstić information content (AvgIpc) is 2.57. The van der Waals surface area contributed by atoms with Gasteiger partial charge in [0.05, 0.1) is 14.2 Å². The zero-order valence-electron chi connectivity index (χ0n) is 16.2. The van der Waals surface area contributed by atoms with Crippen LogP contribution in [-0.2, 0) is 13.0 Å². The molecule has 6 heteroatoms. The van der Waals surface area contributed by atoms with Crippen molar-refractivity contribution in [2.45, 2.75) is 39.8 Å². The molecular weight excluding hydrogens is 429 g/mol. The van der Waals surface area contributed by atoms with Crippen LogP contribution in [0.4, 0.5) is 0 Å². The standard InChI is InChI=1S/C19H31N3O2.HI/c1-8-9-16-10-15(11-17(23-6)18(16)24-7)12-21-19(20-5)22-14(4)13(2)3;/h8,10-11,13-14H,1,9,12H2,2-7H3,(H2,20,21,22);1H. The van der Waals surface area contributed by atoms with E-state index in [1.165, 1.54) is 0 Å². The van der Waals surface area contributed by atoms with Gasteiger partial charge in [-0.25, -0.2) is 0 Å². The first-order valence-electron chi connectivity index (χ1n) is 8.28. The number of benzene rings is 1. The number of hydrogen-bond donors (Lipinski definition) is 2. The summed E-state index contributed by atoms with van der Waals surface area (Å²) in [5.74, 6) is 2.81. The van der Waals surface area contributed by atoms with Crippen LogP contribution in [0.3, 0.4) is 0 Å². The Morgan fingerprint density at radius 2 is 1.92 bits per heavy atom. The van der Waals surface area contributed by atoms with E-state index in [9.17, 15) is 0 Å². The number of halogens is 1. The van der Waals surface area contributed by atoms with Crippen molar-refractivity contribution in [3.8, 4) is 11.5 Å². The Bertz CT molecular complexity index is 574. The minimum Gasteiger partial charge on any atom is -0.493 e. The summed E-state index contributed by atoms with van der Waals surface area (Å²) in [7, 11) is 5.08. The lowest BCUT2D eigenvalue weighted by Gasteiger charge is -2.21. The van der Waals surface area contributed by atoms with Crippen LogP contribution >= 0.6 is 24.0 Å². The summed E-state index contributed by atoms with van der Waals surface area (Å²) in [6.07, 6.45) is 2.59. The Morgan fingerprint density at radius 1 is 1.24 bits per heavy atom. The predicted octanol–water partition coefficient (Wildman–Crippen LogP) is 3.76. The van der Waals surface area contributed by atoms with Crippen molar-refractivity contribution in [3.05, 3.63) is 35.9 Å². The number of allylic oxidation sites excluding steroid dienone is 1. The molecule has 1 rings (SSSR count). The molecule has 0 aliphatic carbocycles. The van der Waals surface area contributed by atoms with E-state index in [1.54, 1.807) is 21.3 Å². The fraction of sp³-hybridized carbons (Fsp3) is 0.526. The third kappa shape index (κ3) is 7.13. The van der Waals surface area contributed by atoms with Gasteiger partial charge in [0.2, 0.25) is 0 Å². The van der Waals surface area contributed by atoms with Gasteiger partial charge in [-0.2, -0.15) is 0 Å². The summed E-state index contributed by atoms with van der Waals surface area (Å²) in [4.78, 5) is 4.28. The molecule has 0 fully saturated rings. The molecule has 0 aliphatic rings. The van der Waals surface area contributed by atoms with Crippen molar-refractivity contribution in [3.63, 3.8) is 0 Å². The molecule has 0 amide bonds. The smallest absolute Gasteiger partial charge is 0.191 e. The molecule has 0 heterocycles. The second kappa shape index (κ2) is 12.0. The second-order valence-corrected chi connectivity index (χ2v) is 6.09. The molecule has 0 bridgehead atoms. The first kappa shape index (κ1) is 23.6. The topological polar surface area (TPSA) is 54.9 Å². The molecule has 1 aromatic carbocycles. The molecule has 0 radical (unpaired) electrons. The van der Waals surface area contributed by atoms with Gasteiger partial charge in [0, 0.05) is 25.2 Å². The monoisotopic (exact) mass is 461 g/mol. The highest BCUT2D eigenvalue weighted by molar-refractivity contribution is 14.0. The molecule has 0 saturated carbocycles. The van der Waals surface area contributed by atoms with E-state index >= 15 is 0 Å². The second-order valence-electron chi connectivity index (χ2n) is 6.09. The van der Waals surface area contributed by atoms with Gasteiger partial charge < -0.3 is 20.1 Å². The molecule has 0 aliphatic heterocycles. The maximum absolute atomic E-state index is 5.47. The maximum atomic E-state index is 5.47. The number of guanidine groups is 1. The van der Waals surface area contributed by atoms with Crippen molar-refractivity contribution in [1.82, 2.24) is 10.6 Å². The van der Waals surface area contributed by atoms with Crippen LogP contribution in [0.1, 0.15) is 31.9 Å². The fourth-order valence-corrected chi connectivity index (χ4v) is 2.28. The highest BCUT2D eigenvalue weighted by atomic mass is 127. The van der Waals surface area contributed by atoms with Gasteiger partial charge in [0.1, 0.15) is 0 Å². The third-order valence-electron chi connectivity index (χ3n) is 4.03. The molecule has 1 aromatic rings. The summed E-state index contributed by atoms with van der Waals surface area (Å²) >= 11 is 0. The molecule has 0 spiro atoms. The van der Waals surface area contributed by atoms with Gasteiger partial charge in [0.25, 0.3) is 0 Å². The lowest BCUT2D eigenvalue weighted by atomic mass is 10.1. The van der Waals surface area contributed by atoms with Crippen LogP contribution in [0.25, 0.3) is 0 Å². The summed E-state index contributed by atoms with van der Waals surface area (Å²) in [6, 6.07) is 4.44. The van der Waals surface area contributed by atoms with Crippen LogP contribution in [0.5, 0.6) is 11.5 Å². The number of aliphatic imine (C=N–C) groups is 1. The average molecular weight is 461 g/mol. The Kier molecular flexibility index (Phi) is 11.3. The van der Waals surface area contributed by atoms with Crippen LogP contribution in [0, 0.1) is 5.92 Å². The van der Waals surface area contributed by atoms with E-state index in [1.807, 2.05) is 12.1 Å². The minimum absolute atomic E-state index is 0. The number of hydrogen-bond acceptors (Lipinski definition) is 3. The maximum Gasteiger partial charge on any atom is 0.191 e. The van der Waals surface area contributed by atoms with Crippen LogP contribution in [0.15, 0.2) is 29.8 Å². The van der Waals surface area contributed by atoms with Gasteiger partial charge >= 0.3 is 0 Å². The lowest BCUT2D eigenvalue weighted by Crippen LogP contribution is -2.43. The molecule has 5 nitrogen and oxygen atoms in total. The largest absolute Gasteiger partial charge is 0.493 e. The van der Waals surface area contributed by atoms with Gasteiger partial charge in [-0.05, 0) is 37.0 Å². The number of methoxy groups -OCH3 is 2. The van der Waals surface area contributed by atoms with Gasteiger partial charge in [0.15, 0.2) is 17.5 Å². The highest BCUT2D eigenvalue weighted by Gasteiger charge is 2.13. The summed E-state index contributed by atoms with van der Waals surface area (Å²) in [6.45, 7) is 11.0. The molecule has 2 N–H and O–H groups in total. The Labute approximate surface area is 169 Å². The molecule has 1 atom stereocenters. The van der Waals surface area contributed by atoms with Crippen molar-refractivity contribution < 1.29 is 9.47 Å². The van der Waals surface area contributed by atoms with E-state index < -0.39 is 0 Å². The van der Waals surface area contributed by atoms with E-state index in [0.717, 1.165) is 35.0 Å². The number of ether oxygens (including phenoxy) is 2. The van der Waals surface area contributed by atoms with Crippen molar-refractivity contribution in [2.24, 2.45) is 10.9 Å². The van der Waals surface area contributed by atoms with Gasteiger partial charge in [-0.15, -0.1) is 30.6 Å². The molecule has 1 unspecified atom stereocenters. The van der Waals surface area contributed by atoms with Crippen LogP contribution < -0.4 is 20.1 Å². The first-order chi connectivity index (χ1) is 11.5.